The maximum Gasteiger partial charge on any atom is 0.104 e. The van der Waals surface area contributed by atoms with Gasteiger partial charge in [-0.1, -0.05) is 6.92 Å². The van der Waals surface area contributed by atoms with E-state index in [-0.39, 0.29) is 0 Å². The number of nitrogens with zero attached hydrogens (tertiary/aromatic N) is 1. The minimum atomic E-state index is 0.984. The Balaban J connectivity index is 2.31. The lowest BCUT2D eigenvalue weighted by atomic mass is 10.3. The van der Waals surface area contributed by atoms with Crippen LogP contribution in [0.2, 0.25) is 0 Å². The van der Waals surface area contributed by atoms with Gasteiger partial charge in [0.2, 0.25) is 0 Å². The molecule has 1 N–H and O–H groups in total. The number of hydrogen-bond acceptors (Lipinski definition) is 2. The van der Waals surface area contributed by atoms with Gasteiger partial charge in [-0.15, -0.1) is 11.8 Å². The Hall–Kier alpha value is -0.960. The molecule has 14 heavy (non-hydrogen) atoms. The monoisotopic (exact) mass is 206 g/mol. The van der Waals surface area contributed by atoms with Crippen LogP contribution in [0.5, 0.6) is 0 Å². The molecule has 1 aromatic carbocycles. The Kier molecular flexibility index (Phi) is 2.77. The molecule has 2 nitrogen and oxygen atoms in total. The molecule has 0 fully saturated rings. The second-order valence-electron chi connectivity index (χ2n) is 3.35. The predicted molar refractivity (Wildman–Crippen MR) is 61.8 cm³/mol. The van der Waals surface area contributed by atoms with Gasteiger partial charge in [-0.2, -0.15) is 0 Å². The topological polar surface area (TPSA) is 28.7 Å². The number of H-pyrrole nitrogens is 1. The molecule has 0 atom stereocenters. The summed E-state index contributed by atoms with van der Waals surface area (Å²) < 4.78 is 0. The zero-order chi connectivity index (χ0) is 9.97. The van der Waals surface area contributed by atoms with Crippen molar-refractivity contribution in [2.24, 2.45) is 0 Å². The van der Waals surface area contributed by atoms with Crippen molar-refractivity contribution in [3.8, 4) is 0 Å². The Morgan fingerprint density at radius 3 is 3.07 bits per heavy atom. The maximum atomic E-state index is 4.41. The SMILES string of the molecule is CCCSc1ccc2[nH]c(C)nc2c1. The molecule has 0 aliphatic heterocycles. The van der Waals surface area contributed by atoms with Crippen molar-refractivity contribution in [1.29, 1.82) is 0 Å². The van der Waals surface area contributed by atoms with Gasteiger partial charge in [-0.05, 0) is 37.3 Å². The van der Waals surface area contributed by atoms with Crippen LogP contribution in [0, 0.1) is 6.92 Å². The number of fused-ring (bicyclic) bond motifs is 1. The predicted octanol–water partition coefficient (Wildman–Crippen LogP) is 3.37. The first-order valence-electron chi connectivity index (χ1n) is 4.89. The molecule has 0 unspecified atom stereocenters. The van der Waals surface area contributed by atoms with Crippen LogP contribution < -0.4 is 0 Å². The molecule has 2 aromatic rings. The molecule has 0 aliphatic rings. The van der Waals surface area contributed by atoms with Crippen LogP contribution in [0.25, 0.3) is 11.0 Å². The Labute approximate surface area is 88.1 Å². The molecule has 1 heterocycles. The Morgan fingerprint density at radius 1 is 1.43 bits per heavy atom. The average molecular weight is 206 g/mol. The Morgan fingerprint density at radius 2 is 2.29 bits per heavy atom. The molecular formula is C11H14N2S. The summed E-state index contributed by atoms with van der Waals surface area (Å²) in [5.74, 6) is 2.16. The van der Waals surface area contributed by atoms with Crippen LogP contribution in [0.3, 0.4) is 0 Å². The summed E-state index contributed by atoms with van der Waals surface area (Å²) in [6.07, 6.45) is 1.21. The molecule has 0 radical (unpaired) electrons. The standard InChI is InChI=1S/C11H14N2S/c1-3-6-14-9-4-5-10-11(7-9)13-8(2)12-10/h4-5,7H,3,6H2,1-2H3,(H,12,13). The second-order valence-corrected chi connectivity index (χ2v) is 4.52. The third-order valence-electron chi connectivity index (χ3n) is 2.05. The Bertz CT molecular complexity index is 434. The number of rotatable bonds is 3. The van der Waals surface area contributed by atoms with Crippen molar-refractivity contribution >= 4 is 22.8 Å². The second kappa shape index (κ2) is 4.05. The molecule has 0 saturated heterocycles. The summed E-state index contributed by atoms with van der Waals surface area (Å²) in [5.41, 5.74) is 2.20. The quantitative estimate of drug-likeness (QED) is 0.780. The van der Waals surface area contributed by atoms with E-state index in [9.17, 15) is 0 Å². The molecule has 0 amide bonds. The van der Waals surface area contributed by atoms with Gasteiger partial charge in [0.1, 0.15) is 5.82 Å². The van der Waals surface area contributed by atoms with Crippen LogP contribution in [-0.2, 0) is 0 Å². The first-order valence-corrected chi connectivity index (χ1v) is 5.87. The van der Waals surface area contributed by atoms with Gasteiger partial charge in [-0.25, -0.2) is 4.98 Å². The van der Waals surface area contributed by atoms with E-state index in [2.05, 4.69) is 35.1 Å². The summed E-state index contributed by atoms with van der Waals surface area (Å²) in [6.45, 7) is 4.18. The lowest BCUT2D eigenvalue weighted by Crippen LogP contribution is -1.76. The van der Waals surface area contributed by atoms with Crippen molar-refractivity contribution in [3.63, 3.8) is 0 Å². The van der Waals surface area contributed by atoms with Gasteiger partial charge in [0.25, 0.3) is 0 Å². The highest BCUT2D eigenvalue weighted by Crippen LogP contribution is 2.22. The first-order chi connectivity index (χ1) is 6.79. The molecule has 1 aromatic heterocycles. The number of benzene rings is 1. The van der Waals surface area contributed by atoms with Gasteiger partial charge in [-0.3, -0.25) is 0 Å². The normalized spacial score (nSPS) is 11.0. The van der Waals surface area contributed by atoms with Crippen LogP contribution in [0.4, 0.5) is 0 Å². The fraction of sp³-hybridized carbons (Fsp3) is 0.364. The zero-order valence-electron chi connectivity index (χ0n) is 8.50. The number of aromatic nitrogens is 2. The van der Waals surface area contributed by atoms with Crippen molar-refractivity contribution in [2.45, 2.75) is 25.2 Å². The van der Waals surface area contributed by atoms with Crippen LogP contribution >= 0.6 is 11.8 Å². The number of hydrogen-bond donors (Lipinski definition) is 1. The highest BCUT2D eigenvalue weighted by molar-refractivity contribution is 7.99. The molecule has 0 saturated carbocycles. The summed E-state index contributed by atoms with van der Waals surface area (Å²) in [5, 5.41) is 0. The van der Waals surface area contributed by atoms with E-state index in [1.54, 1.807) is 0 Å². The minimum absolute atomic E-state index is 0.984. The number of aryl methyl sites for hydroxylation is 1. The zero-order valence-corrected chi connectivity index (χ0v) is 9.32. The summed E-state index contributed by atoms with van der Waals surface area (Å²) >= 11 is 1.89. The molecule has 3 heteroatoms. The first kappa shape index (κ1) is 9.59. The molecule has 0 aliphatic carbocycles. The highest BCUT2D eigenvalue weighted by Gasteiger charge is 2.00. The van der Waals surface area contributed by atoms with E-state index in [1.165, 1.54) is 17.1 Å². The molecule has 74 valence electrons. The smallest absolute Gasteiger partial charge is 0.104 e. The average Bonchev–Trinajstić information content (AvgIpc) is 2.54. The molecule has 0 spiro atoms. The maximum absolute atomic E-state index is 4.41. The van der Waals surface area contributed by atoms with Gasteiger partial charge in [0.15, 0.2) is 0 Å². The van der Waals surface area contributed by atoms with Crippen molar-refractivity contribution in [1.82, 2.24) is 9.97 Å². The van der Waals surface area contributed by atoms with Gasteiger partial charge in [0, 0.05) is 4.90 Å². The van der Waals surface area contributed by atoms with E-state index in [4.69, 9.17) is 0 Å². The number of nitrogens with one attached hydrogen (secondary N) is 1. The van der Waals surface area contributed by atoms with Crippen molar-refractivity contribution in [3.05, 3.63) is 24.0 Å². The van der Waals surface area contributed by atoms with E-state index >= 15 is 0 Å². The lowest BCUT2D eigenvalue weighted by Gasteiger charge is -1.98. The van der Waals surface area contributed by atoms with Gasteiger partial charge >= 0.3 is 0 Å². The molecule has 2 rings (SSSR count). The van der Waals surface area contributed by atoms with E-state index in [0.29, 0.717) is 0 Å². The number of aromatic amines is 1. The van der Waals surface area contributed by atoms with Crippen LogP contribution in [-0.4, -0.2) is 15.7 Å². The van der Waals surface area contributed by atoms with E-state index in [1.807, 2.05) is 18.7 Å². The van der Waals surface area contributed by atoms with Gasteiger partial charge in [0.05, 0.1) is 11.0 Å². The van der Waals surface area contributed by atoms with Crippen molar-refractivity contribution in [2.75, 3.05) is 5.75 Å². The number of thioether (sulfide) groups is 1. The highest BCUT2D eigenvalue weighted by atomic mass is 32.2. The largest absolute Gasteiger partial charge is 0.342 e. The number of imidazole rings is 1. The fourth-order valence-corrected chi connectivity index (χ4v) is 2.22. The summed E-state index contributed by atoms with van der Waals surface area (Å²) in [6, 6.07) is 6.41. The summed E-state index contributed by atoms with van der Waals surface area (Å²) in [4.78, 5) is 8.95. The third-order valence-corrected chi connectivity index (χ3v) is 3.25. The van der Waals surface area contributed by atoms with E-state index < -0.39 is 0 Å². The van der Waals surface area contributed by atoms with Gasteiger partial charge < -0.3 is 4.98 Å². The lowest BCUT2D eigenvalue weighted by molar-refractivity contribution is 1.10. The van der Waals surface area contributed by atoms with E-state index in [0.717, 1.165) is 16.9 Å². The molecular weight excluding hydrogens is 192 g/mol. The summed E-state index contributed by atoms with van der Waals surface area (Å²) in [7, 11) is 0. The third kappa shape index (κ3) is 1.93. The van der Waals surface area contributed by atoms with Crippen molar-refractivity contribution < 1.29 is 0 Å². The van der Waals surface area contributed by atoms with Crippen LogP contribution in [0.15, 0.2) is 23.1 Å². The fourth-order valence-electron chi connectivity index (χ4n) is 1.42. The van der Waals surface area contributed by atoms with Crippen LogP contribution in [0.1, 0.15) is 19.2 Å². The minimum Gasteiger partial charge on any atom is -0.342 e. The molecule has 0 bridgehead atoms.